The van der Waals surface area contributed by atoms with Crippen molar-refractivity contribution in [1.29, 1.82) is 0 Å². The number of anilines is 1. The zero-order valence-corrected chi connectivity index (χ0v) is 18.8. The molecule has 3 aromatic rings. The first kappa shape index (κ1) is 21.5. The van der Waals surface area contributed by atoms with Crippen molar-refractivity contribution in [1.82, 2.24) is 5.32 Å². The van der Waals surface area contributed by atoms with E-state index >= 15 is 0 Å². The van der Waals surface area contributed by atoms with E-state index < -0.39 is 17.8 Å². The van der Waals surface area contributed by atoms with Gasteiger partial charge in [0.2, 0.25) is 0 Å². The second-order valence-electron chi connectivity index (χ2n) is 7.24. The Hall–Kier alpha value is -3.71. The second-order valence-corrected chi connectivity index (χ2v) is 8.10. The molecule has 0 unspecified atom stereocenters. The maximum Gasteiger partial charge on any atom is 0.335 e. The Kier molecular flexibility index (Phi) is 6.18. The molecule has 1 aliphatic heterocycles. The number of barbiturate groups is 1. The lowest BCUT2D eigenvalue weighted by molar-refractivity contribution is -0.122. The number of nitrogens with zero attached hydrogens (tertiary/aromatic N) is 1. The predicted octanol–water partition coefficient (Wildman–Crippen LogP) is 5.00. The first-order valence-corrected chi connectivity index (χ1v) is 10.7. The number of carbonyl (C=O) groups excluding carboxylic acids is 3. The summed E-state index contributed by atoms with van der Waals surface area (Å²) in [6, 6.07) is 21.0. The first-order chi connectivity index (χ1) is 15.4. The molecular weight excluding hydrogens is 472 g/mol. The van der Waals surface area contributed by atoms with E-state index in [0.717, 1.165) is 20.5 Å². The fourth-order valence-corrected chi connectivity index (χ4v) is 3.59. The van der Waals surface area contributed by atoms with Crippen LogP contribution < -0.4 is 15.0 Å². The zero-order chi connectivity index (χ0) is 22.7. The Bertz CT molecular complexity index is 1220. The molecule has 0 bridgehead atoms. The smallest absolute Gasteiger partial charge is 0.335 e. The van der Waals surface area contributed by atoms with Crippen LogP contribution in [-0.4, -0.2) is 17.8 Å². The minimum absolute atomic E-state index is 0.118. The van der Waals surface area contributed by atoms with Crippen molar-refractivity contribution in [2.45, 2.75) is 13.5 Å². The van der Waals surface area contributed by atoms with E-state index in [1.807, 2.05) is 31.2 Å². The molecule has 0 atom stereocenters. The lowest BCUT2D eigenvalue weighted by Crippen LogP contribution is -2.54. The number of imide groups is 2. The highest BCUT2D eigenvalue weighted by molar-refractivity contribution is 9.10. The average molecular weight is 491 g/mol. The quantitative estimate of drug-likeness (QED) is 0.403. The van der Waals surface area contributed by atoms with Gasteiger partial charge in [0.05, 0.1) is 5.69 Å². The third-order valence-corrected chi connectivity index (χ3v) is 5.71. The molecule has 0 aliphatic carbocycles. The van der Waals surface area contributed by atoms with E-state index in [4.69, 9.17) is 4.74 Å². The lowest BCUT2D eigenvalue weighted by Gasteiger charge is -2.26. The molecular formula is C25H19BrN2O4. The van der Waals surface area contributed by atoms with Gasteiger partial charge >= 0.3 is 6.03 Å². The third kappa shape index (κ3) is 4.63. The van der Waals surface area contributed by atoms with Gasteiger partial charge in [0, 0.05) is 10.0 Å². The van der Waals surface area contributed by atoms with Crippen molar-refractivity contribution in [2.75, 3.05) is 4.90 Å². The van der Waals surface area contributed by atoms with E-state index in [1.54, 1.807) is 48.5 Å². The van der Waals surface area contributed by atoms with Crippen molar-refractivity contribution >= 4 is 45.5 Å². The fourth-order valence-electron chi connectivity index (χ4n) is 3.19. The average Bonchev–Trinajstić information content (AvgIpc) is 2.78. The van der Waals surface area contributed by atoms with Crippen LogP contribution in [0.15, 0.2) is 82.8 Å². The molecule has 4 amide bonds. The van der Waals surface area contributed by atoms with E-state index in [-0.39, 0.29) is 5.57 Å². The number of aryl methyl sites for hydroxylation is 1. The predicted molar refractivity (Wildman–Crippen MR) is 125 cm³/mol. The van der Waals surface area contributed by atoms with Gasteiger partial charge in [0.15, 0.2) is 0 Å². The normalized spacial score (nSPS) is 15.1. The Morgan fingerprint density at radius 1 is 0.938 bits per heavy atom. The van der Waals surface area contributed by atoms with Crippen LogP contribution in [0.3, 0.4) is 0 Å². The summed E-state index contributed by atoms with van der Waals surface area (Å²) < 4.78 is 6.78. The van der Waals surface area contributed by atoms with E-state index in [1.165, 1.54) is 6.08 Å². The molecule has 0 saturated carbocycles. The van der Waals surface area contributed by atoms with Gasteiger partial charge in [-0.1, -0.05) is 64.0 Å². The summed E-state index contributed by atoms with van der Waals surface area (Å²) in [5.74, 6) is -0.742. The molecule has 3 aromatic carbocycles. The molecule has 1 fully saturated rings. The Morgan fingerprint density at radius 2 is 1.62 bits per heavy atom. The van der Waals surface area contributed by atoms with Crippen LogP contribution in [0.25, 0.3) is 6.08 Å². The van der Waals surface area contributed by atoms with E-state index in [9.17, 15) is 14.4 Å². The Morgan fingerprint density at radius 3 is 2.31 bits per heavy atom. The number of urea groups is 1. The first-order valence-electron chi connectivity index (χ1n) is 9.87. The SMILES string of the molecule is Cc1ccc(N2C(=O)NC(=O)/C(=C\c3ccc(OCc4ccccc4Br)cc3)C2=O)cc1. The highest BCUT2D eigenvalue weighted by Crippen LogP contribution is 2.24. The van der Waals surface area contributed by atoms with Crippen molar-refractivity contribution in [3.8, 4) is 5.75 Å². The molecule has 1 N–H and O–H groups in total. The van der Waals surface area contributed by atoms with Gasteiger partial charge in [0.1, 0.15) is 17.9 Å². The number of hydrogen-bond acceptors (Lipinski definition) is 4. The summed E-state index contributed by atoms with van der Waals surface area (Å²) in [6.45, 7) is 2.30. The van der Waals surface area contributed by atoms with Gasteiger partial charge in [-0.05, 0) is 48.9 Å². The summed E-state index contributed by atoms with van der Waals surface area (Å²) in [5, 5.41) is 2.23. The number of ether oxygens (including phenoxy) is 1. The number of hydrogen-bond donors (Lipinski definition) is 1. The van der Waals surface area contributed by atoms with Crippen LogP contribution in [0, 0.1) is 6.92 Å². The summed E-state index contributed by atoms with van der Waals surface area (Å²) in [6.07, 6.45) is 1.46. The van der Waals surface area contributed by atoms with E-state index in [0.29, 0.717) is 23.6 Å². The molecule has 7 heteroatoms. The maximum atomic E-state index is 12.9. The van der Waals surface area contributed by atoms with Gasteiger partial charge in [-0.25, -0.2) is 9.69 Å². The van der Waals surface area contributed by atoms with Crippen LogP contribution in [0.4, 0.5) is 10.5 Å². The maximum absolute atomic E-state index is 12.9. The van der Waals surface area contributed by atoms with Crippen molar-refractivity contribution in [3.63, 3.8) is 0 Å². The highest BCUT2D eigenvalue weighted by atomic mass is 79.9. The monoisotopic (exact) mass is 490 g/mol. The minimum Gasteiger partial charge on any atom is -0.489 e. The number of halogens is 1. The minimum atomic E-state index is -0.767. The summed E-state index contributed by atoms with van der Waals surface area (Å²) >= 11 is 3.49. The van der Waals surface area contributed by atoms with Crippen LogP contribution in [0.1, 0.15) is 16.7 Å². The van der Waals surface area contributed by atoms with Crippen LogP contribution >= 0.6 is 15.9 Å². The topological polar surface area (TPSA) is 75.7 Å². The molecule has 160 valence electrons. The number of carbonyl (C=O) groups is 3. The molecule has 1 heterocycles. The Balaban J connectivity index is 1.52. The molecule has 1 saturated heterocycles. The van der Waals surface area contributed by atoms with Crippen LogP contribution in [-0.2, 0) is 16.2 Å². The van der Waals surface area contributed by atoms with Gasteiger partial charge in [0.25, 0.3) is 11.8 Å². The summed E-state index contributed by atoms with van der Waals surface area (Å²) in [4.78, 5) is 38.5. The van der Waals surface area contributed by atoms with Crippen molar-refractivity contribution < 1.29 is 19.1 Å². The Labute approximate surface area is 193 Å². The summed E-state index contributed by atoms with van der Waals surface area (Å²) in [7, 11) is 0. The molecule has 1 aliphatic rings. The fraction of sp³-hybridized carbons (Fsp3) is 0.0800. The highest BCUT2D eigenvalue weighted by Gasteiger charge is 2.36. The van der Waals surface area contributed by atoms with Crippen molar-refractivity contribution in [3.05, 3.63) is 99.5 Å². The molecule has 0 aromatic heterocycles. The second kappa shape index (κ2) is 9.20. The molecule has 4 rings (SSSR count). The molecule has 0 spiro atoms. The van der Waals surface area contributed by atoms with Gasteiger partial charge in [-0.2, -0.15) is 0 Å². The van der Waals surface area contributed by atoms with Crippen molar-refractivity contribution in [2.24, 2.45) is 0 Å². The third-order valence-electron chi connectivity index (χ3n) is 4.94. The molecule has 0 radical (unpaired) electrons. The summed E-state index contributed by atoms with van der Waals surface area (Å²) in [5.41, 5.74) is 2.92. The van der Waals surface area contributed by atoms with Gasteiger partial charge in [-0.15, -0.1) is 0 Å². The molecule has 32 heavy (non-hydrogen) atoms. The number of rotatable bonds is 5. The molecule has 6 nitrogen and oxygen atoms in total. The lowest BCUT2D eigenvalue weighted by atomic mass is 10.1. The van der Waals surface area contributed by atoms with Gasteiger partial charge in [-0.3, -0.25) is 14.9 Å². The van der Waals surface area contributed by atoms with Gasteiger partial charge < -0.3 is 4.74 Å². The largest absolute Gasteiger partial charge is 0.489 e. The number of amides is 4. The standard InChI is InChI=1S/C25H19BrN2O4/c1-16-6-10-19(11-7-16)28-24(30)21(23(29)27-25(28)31)14-17-8-12-20(13-9-17)32-15-18-4-2-3-5-22(18)26/h2-14H,15H2,1H3,(H,27,29,31)/b21-14+. The van der Waals surface area contributed by atoms with E-state index in [2.05, 4.69) is 21.2 Å². The number of benzene rings is 3. The number of nitrogens with one attached hydrogen (secondary N) is 1. The zero-order valence-electron chi connectivity index (χ0n) is 17.2. The van der Waals surface area contributed by atoms with Crippen LogP contribution in [0.5, 0.6) is 5.75 Å². The van der Waals surface area contributed by atoms with Crippen LogP contribution in [0.2, 0.25) is 0 Å².